The van der Waals surface area contributed by atoms with Gasteiger partial charge in [-0.05, 0) is 45.2 Å². The van der Waals surface area contributed by atoms with Crippen LogP contribution >= 0.6 is 11.3 Å². The third-order valence-electron chi connectivity index (χ3n) is 8.76. The molecule has 47 heavy (non-hydrogen) atoms. The van der Waals surface area contributed by atoms with Gasteiger partial charge >= 0.3 is 0 Å². The van der Waals surface area contributed by atoms with E-state index in [1.807, 2.05) is 72.0 Å². The molecule has 0 saturated heterocycles. The number of thiophene rings is 1. The lowest BCUT2D eigenvalue weighted by Gasteiger charge is -2.10. The van der Waals surface area contributed by atoms with Crippen LogP contribution < -0.4 is 0 Å². The topological polar surface area (TPSA) is 38.7 Å². The summed E-state index contributed by atoms with van der Waals surface area (Å²) in [4.78, 5) is 14.6. The first kappa shape index (κ1) is 27.3. The lowest BCUT2D eigenvalue weighted by Crippen LogP contribution is -2.00. The van der Waals surface area contributed by atoms with Crippen LogP contribution in [0.25, 0.3) is 87.4 Å². The van der Waals surface area contributed by atoms with Crippen LogP contribution in [0, 0.1) is 0 Å². The minimum Gasteiger partial charge on any atom is -0.208 e. The van der Waals surface area contributed by atoms with Crippen molar-refractivity contribution in [2.75, 3.05) is 0 Å². The fraction of sp³-hybridized carbons (Fsp3) is 0. The van der Waals surface area contributed by atoms with Crippen molar-refractivity contribution in [3.8, 4) is 56.4 Å². The zero-order valence-corrected chi connectivity index (χ0v) is 26.2. The summed E-state index contributed by atoms with van der Waals surface area (Å²) in [5.41, 5.74) is 7.67. The molecule has 7 aromatic carbocycles. The molecular weight excluding hydrogens is 591 g/mol. The maximum absolute atomic E-state index is 4.89. The van der Waals surface area contributed by atoms with Crippen LogP contribution in [0.2, 0.25) is 0 Å². The highest BCUT2D eigenvalue weighted by Gasteiger charge is 2.15. The lowest BCUT2D eigenvalue weighted by molar-refractivity contribution is 1.07. The zero-order chi connectivity index (χ0) is 31.2. The van der Waals surface area contributed by atoms with Gasteiger partial charge in [0, 0.05) is 36.9 Å². The number of nitrogens with zero attached hydrogens (tertiary/aromatic N) is 3. The maximum Gasteiger partial charge on any atom is 0.164 e. The molecule has 0 aliphatic rings. The minimum absolute atomic E-state index is 0.656. The molecule has 2 aromatic heterocycles. The average Bonchev–Trinajstić information content (AvgIpc) is 3.55. The number of rotatable bonds is 5. The summed E-state index contributed by atoms with van der Waals surface area (Å²) < 4.78 is 2.64. The molecule has 0 aliphatic carbocycles. The van der Waals surface area contributed by atoms with Crippen molar-refractivity contribution < 1.29 is 0 Å². The highest BCUT2D eigenvalue weighted by Crippen LogP contribution is 2.43. The van der Waals surface area contributed by atoms with Gasteiger partial charge in [0.05, 0.1) is 0 Å². The van der Waals surface area contributed by atoms with Crippen LogP contribution in [0.5, 0.6) is 0 Å². The SMILES string of the molecule is c1ccc(-c2nc(-c3ccccc3)nc(-c3ccc(-c4ccc(-c5cccc6sc7ccc8ccccc8c7c56)cc4)cc3)n2)cc1. The first-order chi connectivity index (χ1) is 23.3. The maximum atomic E-state index is 4.89. The predicted molar refractivity (Wildman–Crippen MR) is 197 cm³/mol. The largest absolute Gasteiger partial charge is 0.208 e. The number of hydrogen-bond acceptors (Lipinski definition) is 4. The second kappa shape index (κ2) is 11.4. The van der Waals surface area contributed by atoms with Crippen molar-refractivity contribution in [1.29, 1.82) is 0 Å². The molecule has 4 heteroatoms. The van der Waals surface area contributed by atoms with E-state index in [-0.39, 0.29) is 0 Å². The van der Waals surface area contributed by atoms with Gasteiger partial charge in [-0.2, -0.15) is 0 Å². The van der Waals surface area contributed by atoms with Crippen molar-refractivity contribution >= 4 is 42.3 Å². The van der Waals surface area contributed by atoms with E-state index in [1.54, 1.807) is 0 Å². The first-order valence-corrected chi connectivity index (χ1v) is 16.5. The summed E-state index contributed by atoms with van der Waals surface area (Å²) in [6.45, 7) is 0. The Morgan fingerprint density at radius 2 is 0.809 bits per heavy atom. The molecule has 3 nitrogen and oxygen atoms in total. The van der Waals surface area contributed by atoms with Crippen molar-refractivity contribution in [3.63, 3.8) is 0 Å². The molecule has 0 unspecified atom stereocenters. The van der Waals surface area contributed by atoms with Gasteiger partial charge in [0.1, 0.15) is 0 Å². The van der Waals surface area contributed by atoms with E-state index >= 15 is 0 Å². The monoisotopic (exact) mass is 617 g/mol. The molecule has 9 aromatic rings. The summed E-state index contributed by atoms with van der Waals surface area (Å²) in [6, 6.07) is 57.5. The Bertz CT molecular complexity index is 2480. The summed E-state index contributed by atoms with van der Waals surface area (Å²) >= 11 is 1.87. The summed E-state index contributed by atoms with van der Waals surface area (Å²) in [7, 11) is 0. The number of aromatic nitrogens is 3. The molecule has 0 bridgehead atoms. The van der Waals surface area contributed by atoms with E-state index in [2.05, 4.69) is 103 Å². The average molecular weight is 618 g/mol. The Morgan fingerprint density at radius 3 is 1.43 bits per heavy atom. The number of fused-ring (bicyclic) bond motifs is 5. The van der Waals surface area contributed by atoms with Crippen LogP contribution in [0.3, 0.4) is 0 Å². The second-order valence-corrected chi connectivity index (χ2v) is 12.7. The molecule has 220 valence electrons. The Balaban J connectivity index is 1.07. The van der Waals surface area contributed by atoms with Gasteiger partial charge in [-0.25, -0.2) is 15.0 Å². The van der Waals surface area contributed by atoms with Gasteiger partial charge in [-0.3, -0.25) is 0 Å². The van der Waals surface area contributed by atoms with Crippen LogP contribution in [0.4, 0.5) is 0 Å². The van der Waals surface area contributed by atoms with Gasteiger partial charge in [0.2, 0.25) is 0 Å². The van der Waals surface area contributed by atoms with Gasteiger partial charge in [-0.1, -0.05) is 152 Å². The molecule has 0 amide bonds. The molecule has 0 atom stereocenters. The van der Waals surface area contributed by atoms with Crippen molar-refractivity contribution in [2.45, 2.75) is 0 Å². The molecule has 0 saturated carbocycles. The lowest BCUT2D eigenvalue weighted by atomic mass is 9.95. The number of hydrogen-bond donors (Lipinski definition) is 0. The zero-order valence-electron chi connectivity index (χ0n) is 25.3. The van der Waals surface area contributed by atoms with Crippen LogP contribution in [0.1, 0.15) is 0 Å². The normalized spacial score (nSPS) is 11.4. The molecule has 0 aliphatic heterocycles. The number of benzene rings is 7. The highest BCUT2D eigenvalue weighted by molar-refractivity contribution is 7.26. The fourth-order valence-corrected chi connectivity index (χ4v) is 7.57. The van der Waals surface area contributed by atoms with Crippen LogP contribution in [-0.4, -0.2) is 15.0 Å². The first-order valence-electron chi connectivity index (χ1n) is 15.7. The van der Waals surface area contributed by atoms with Crippen molar-refractivity contribution in [1.82, 2.24) is 15.0 Å². The van der Waals surface area contributed by atoms with Gasteiger partial charge in [0.25, 0.3) is 0 Å². The Hall–Kier alpha value is -5.97. The van der Waals surface area contributed by atoms with E-state index in [9.17, 15) is 0 Å². The van der Waals surface area contributed by atoms with Crippen molar-refractivity contribution in [3.05, 3.63) is 164 Å². The summed E-state index contributed by atoms with van der Waals surface area (Å²) in [5, 5.41) is 5.27. The smallest absolute Gasteiger partial charge is 0.164 e. The quantitative estimate of drug-likeness (QED) is 0.193. The van der Waals surface area contributed by atoms with Gasteiger partial charge in [-0.15, -0.1) is 11.3 Å². The molecular formula is C43H27N3S. The van der Waals surface area contributed by atoms with E-state index in [1.165, 1.54) is 47.6 Å². The molecule has 0 N–H and O–H groups in total. The molecule has 0 radical (unpaired) electrons. The van der Waals surface area contributed by atoms with E-state index in [0.29, 0.717) is 17.5 Å². The van der Waals surface area contributed by atoms with Gasteiger partial charge < -0.3 is 0 Å². The van der Waals surface area contributed by atoms with E-state index < -0.39 is 0 Å². The van der Waals surface area contributed by atoms with Crippen molar-refractivity contribution in [2.24, 2.45) is 0 Å². The summed E-state index contributed by atoms with van der Waals surface area (Å²) in [5.74, 6) is 1.98. The molecule has 2 heterocycles. The second-order valence-electron chi connectivity index (χ2n) is 11.6. The van der Waals surface area contributed by atoms with Crippen LogP contribution in [0.15, 0.2) is 164 Å². The third kappa shape index (κ3) is 4.96. The molecule has 0 spiro atoms. The Kier molecular flexibility index (Phi) is 6.65. The Labute approximate surface area is 276 Å². The Morgan fingerprint density at radius 1 is 0.319 bits per heavy atom. The highest BCUT2D eigenvalue weighted by atomic mass is 32.1. The molecule has 0 fully saturated rings. The molecule has 9 rings (SSSR count). The fourth-order valence-electron chi connectivity index (χ4n) is 6.42. The summed E-state index contributed by atoms with van der Waals surface area (Å²) in [6.07, 6.45) is 0. The standard InChI is InChI=1S/C43H27N3S/c1-3-11-32(12-4-1)41-44-42(33-13-5-2-6-14-33)46-43(45-41)34-24-20-29(21-25-34)28-18-22-31(23-19-28)36-16-9-17-37-39(36)40-35-15-8-7-10-30(35)26-27-38(40)47-37/h1-27H. The predicted octanol–water partition coefficient (Wildman–Crippen LogP) is 11.7. The third-order valence-corrected chi connectivity index (χ3v) is 9.88. The van der Waals surface area contributed by atoms with Crippen LogP contribution in [-0.2, 0) is 0 Å². The van der Waals surface area contributed by atoms with E-state index in [0.717, 1.165) is 22.3 Å². The minimum atomic E-state index is 0.656. The van der Waals surface area contributed by atoms with Gasteiger partial charge in [0.15, 0.2) is 17.5 Å². The van der Waals surface area contributed by atoms with E-state index in [4.69, 9.17) is 15.0 Å².